The van der Waals surface area contributed by atoms with Crippen LogP contribution in [-0.4, -0.2) is 25.0 Å². The highest BCUT2D eigenvalue weighted by Gasteiger charge is 2.17. The number of nitrogens with one attached hydrogen (secondary N) is 2. The zero-order valence-electron chi connectivity index (χ0n) is 8.38. The molecular formula is C10H17N3O. The highest BCUT2D eigenvalue weighted by molar-refractivity contribution is 5.81. The maximum atomic E-state index is 11.5. The van der Waals surface area contributed by atoms with Crippen LogP contribution in [0, 0.1) is 11.3 Å². The molecule has 0 aliphatic carbocycles. The molecule has 1 heterocycles. The number of hydrogen-bond acceptors (Lipinski definition) is 3. The Kier molecular flexibility index (Phi) is 5.02. The molecule has 0 aromatic carbocycles. The first-order valence-electron chi connectivity index (χ1n) is 5.22. The van der Waals surface area contributed by atoms with Gasteiger partial charge in [-0.1, -0.05) is 19.3 Å². The van der Waals surface area contributed by atoms with Gasteiger partial charge < -0.3 is 10.6 Å². The van der Waals surface area contributed by atoms with Gasteiger partial charge in [0.1, 0.15) is 6.54 Å². The summed E-state index contributed by atoms with van der Waals surface area (Å²) in [6, 6.07) is 1.81. The molecule has 0 aromatic heterocycles. The highest BCUT2D eigenvalue weighted by Crippen LogP contribution is 2.09. The van der Waals surface area contributed by atoms with Crippen LogP contribution in [-0.2, 0) is 4.79 Å². The van der Waals surface area contributed by atoms with Gasteiger partial charge in [-0.15, -0.1) is 0 Å². The van der Waals surface area contributed by atoms with E-state index in [4.69, 9.17) is 5.26 Å². The summed E-state index contributed by atoms with van der Waals surface area (Å²) in [6.45, 7) is 1.02. The van der Waals surface area contributed by atoms with Crippen LogP contribution in [0.15, 0.2) is 0 Å². The molecule has 1 aliphatic heterocycles. The van der Waals surface area contributed by atoms with E-state index >= 15 is 0 Å². The Morgan fingerprint density at radius 3 is 3.00 bits per heavy atom. The third-order valence-electron chi connectivity index (χ3n) is 2.47. The number of carbonyl (C=O) groups excluding carboxylic acids is 1. The van der Waals surface area contributed by atoms with E-state index in [1.807, 2.05) is 6.07 Å². The molecule has 1 saturated heterocycles. The van der Waals surface area contributed by atoms with Crippen molar-refractivity contribution in [1.29, 1.82) is 5.26 Å². The molecule has 1 unspecified atom stereocenters. The largest absolute Gasteiger partial charge is 0.342 e. The van der Waals surface area contributed by atoms with E-state index in [2.05, 4.69) is 10.6 Å². The number of rotatable bonds is 2. The van der Waals surface area contributed by atoms with Crippen molar-refractivity contribution in [1.82, 2.24) is 10.6 Å². The van der Waals surface area contributed by atoms with Gasteiger partial charge in [-0.05, 0) is 19.4 Å². The van der Waals surface area contributed by atoms with E-state index in [1.165, 1.54) is 12.8 Å². The molecule has 0 radical (unpaired) electrons. The van der Waals surface area contributed by atoms with Gasteiger partial charge in [0, 0.05) is 0 Å². The number of hydrogen-bond donors (Lipinski definition) is 2. The molecule has 4 heteroatoms. The van der Waals surface area contributed by atoms with Crippen molar-refractivity contribution in [2.45, 2.75) is 38.1 Å². The van der Waals surface area contributed by atoms with Crippen LogP contribution >= 0.6 is 0 Å². The molecule has 1 amide bonds. The minimum Gasteiger partial charge on any atom is -0.342 e. The Morgan fingerprint density at radius 2 is 2.21 bits per heavy atom. The summed E-state index contributed by atoms with van der Waals surface area (Å²) in [7, 11) is 0. The van der Waals surface area contributed by atoms with E-state index in [0.29, 0.717) is 0 Å². The normalized spacial score (nSPS) is 22.9. The van der Waals surface area contributed by atoms with Crippen LogP contribution in [0.3, 0.4) is 0 Å². The van der Waals surface area contributed by atoms with Crippen LogP contribution in [0.5, 0.6) is 0 Å². The quantitative estimate of drug-likeness (QED) is 0.632. The Morgan fingerprint density at radius 1 is 1.43 bits per heavy atom. The van der Waals surface area contributed by atoms with Gasteiger partial charge in [0.05, 0.1) is 12.1 Å². The first kappa shape index (κ1) is 11.0. The molecule has 4 nitrogen and oxygen atoms in total. The Balaban J connectivity index is 2.32. The molecule has 0 aromatic rings. The van der Waals surface area contributed by atoms with E-state index in [1.54, 1.807) is 0 Å². The summed E-state index contributed by atoms with van der Waals surface area (Å²) in [4.78, 5) is 11.5. The molecule has 1 fully saturated rings. The van der Waals surface area contributed by atoms with Crippen molar-refractivity contribution in [3.63, 3.8) is 0 Å². The molecule has 78 valence electrons. The summed E-state index contributed by atoms with van der Waals surface area (Å²) in [5.41, 5.74) is 0. The van der Waals surface area contributed by atoms with Crippen LogP contribution < -0.4 is 10.6 Å². The monoisotopic (exact) mass is 195 g/mol. The van der Waals surface area contributed by atoms with Gasteiger partial charge in [-0.3, -0.25) is 4.79 Å². The minimum absolute atomic E-state index is 0.0338. The summed E-state index contributed by atoms with van der Waals surface area (Å²) in [5, 5.41) is 14.1. The van der Waals surface area contributed by atoms with Crippen molar-refractivity contribution in [3.05, 3.63) is 0 Å². The predicted octanol–water partition coefficient (Wildman–Crippen LogP) is 0.548. The van der Waals surface area contributed by atoms with Crippen LogP contribution in [0.1, 0.15) is 32.1 Å². The highest BCUT2D eigenvalue weighted by atomic mass is 16.2. The molecule has 1 aliphatic rings. The predicted molar refractivity (Wildman–Crippen MR) is 53.5 cm³/mol. The van der Waals surface area contributed by atoms with Crippen molar-refractivity contribution in [2.24, 2.45) is 0 Å². The van der Waals surface area contributed by atoms with Crippen molar-refractivity contribution in [3.8, 4) is 6.07 Å². The standard InChI is InChI=1S/C10H17N3O/c11-6-8-13-10(14)9-5-3-1-2-4-7-12-9/h9,12H,1-5,7-8H2,(H,13,14). The third-order valence-corrected chi connectivity index (χ3v) is 2.47. The van der Waals surface area contributed by atoms with E-state index in [-0.39, 0.29) is 18.5 Å². The minimum atomic E-state index is -0.0938. The second-order valence-corrected chi connectivity index (χ2v) is 3.59. The lowest BCUT2D eigenvalue weighted by atomic mass is 10.0. The lowest BCUT2D eigenvalue weighted by Gasteiger charge is -2.19. The van der Waals surface area contributed by atoms with Gasteiger partial charge >= 0.3 is 0 Å². The maximum absolute atomic E-state index is 11.5. The van der Waals surface area contributed by atoms with Gasteiger partial charge in [0.25, 0.3) is 0 Å². The summed E-state index contributed by atoms with van der Waals surface area (Å²) < 4.78 is 0. The van der Waals surface area contributed by atoms with Crippen LogP contribution in [0.25, 0.3) is 0 Å². The second-order valence-electron chi connectivity index (χ2n) is 3.59. The molecule has 1 rings (SSSR count). The molecule has 1 atom stereocenters. The van der Waals surface area contributed by atoms with Crippen molar-refractivity contribution in [2.75, 3.05) is 13.1 Å². The summed E-state index contributed by atoms with van der Waals surface area (Å²) in [5.74, 6) is -0.0338. The maximum Gasteiger partial charge on any atom is 0.237 e. The molecule has 0 bridgehead atoms. The Hall–Kier alpha value is -1.08. The van der Waals surface area contributed by atoms with E-state index < -0.39 is 0 Å². The SMILES string of the molecule is N#CCNC(=O)C1CCCCCCN1. The van der Waals surface area contributed by atoms with Crippen molar-refractivity contribution >= 4 is 5.91 Å². The first-order valence-corrected chi connectivity index (χ1v) is 5.22. The van der Waals surface area contributed by atoms with Crippen LogP contribution in [0.2, 0.25) is 0 Å². The molecule has 0 saturated carbocycles. The fraction of sp³-hybridized carbons (Fsp3) is 0.800. The molecule has 2 N–H and O–H groups in total. The van der Waals surface area contributed by atoms with E-state index in [9.17, 15) is 4.79 Å². The second kappa shape index (κ2) is 6.39. The zero-order valence-corrected chi connectivity index (χ0v) is 8.38. The van der Waals surface area contributed by atoms with Gasteiger partial charge in [-0.2, -0.15) is 5.26 Å². The fourth-order valence-electron chi connectivity index (χ4n) is 1.68. The number of nitrogens with zero attached hydrogens (tertiary/aromatic N) is 1. The summed E-state index contributed by atoms with van der Waals surface area (Å²) >= 11 is 0. The number of carbonyl (C=O) groups is 1. The smallest absolute Gasteiger partial charge is 0.237 e. The lowest BCUT2D eigenvalue weighted by molar-refractivity contribution is -0.123. The average molecular weight is 195 g/mol. The fourth-order valence-corrected chi connectivity index (χ4v) is 1.68. The van der Waals surface area contributed by atoms with Crippen LogP contribution in [0.4, 0.5) is 0 Å². The van der Waals surface area contributed by atoms with Crippen molar-refractivity contribution < 1.29 is 4.79 Å². The summed E-state index contributed by atoms with van der Waals surface area (Å²) in [6.07, 6.45) is 5.58. The average Bonchev–Trinajstić information content (AvgIpc) is 2.13. The van der Waals surface area contributed by atoms with Gasteiger partial charge in [0.2, 0.25) is 5.91 Å². The topological polar surface area (TPSA) is 64.9 Å². The van der Waals surface area contributed by atoms with Gasteiger partial charge in [-0.25, -0.2) is 0 Å². The molecule has 0 spiro atoms. The number of nitriles is 1. The van der Waals surface area contributed by atoms with Gasteiger partial charge in [0.15, 0.2) is 0 Å². The molecular weight excluding hydrogens is 178 g/mol. The Labute approximate surface area is 84.7 Å². The zero-order chi connectivity index (χ0) is 10.2. The molecule has 14 heavy (non-hydrogen) atoms. The lowest BCUT2D eigenvalue weighted by Crippen LogP contribution is -2.45. The Bertz CT molecular complexity index is 214. The van der Waals surface area contributed by atoms with E-state index in [0.717, 1.165) is 25.8 Å². The number of amides is 1. The third kappa shape index (κ3) is 3.75. The first-order chi connectivity index (χ1) is 6.84.